The van der Waals surface area contributed by atoms with Crippen LogP contribution in [-0.4, -0.2) is 26.3 Å². The SMILES string of the molecule is Cc1ccc(C(c2ccc(OS(=O)(=O)C(F)(F)F)c(Br)c2)(C(F)(F)F)C(F)(F)F)cc1Br. The highest BCUT2D eigenvalue weighted by molar-refractivity contribution is 9.10. The quantitative estimate of drug-likeness (QED) is 0.206. The Labute approximate surface area is 191 Å². The van der Waals surface area contributed by atoms with Gasteiger partial charge in [-0.3, -0.25) is 0 Å². The van der Waals surface area contributed by atoms with Gasteiger partial charge in [0.25, 0.3) is 0 Å². The molecule has 3 nitrogen and oxygen atoms in total. The Morgan fingerprint density at radius 3 is 1.56 bits per heavy atom. The van der Waals surface area contributed by atoms with Crippen molar-refractivity contribution in [1.29, 1.82) is 0 Å². The van der Waals surface area contributed by atoms with Crippen molar-refractivity contribution in [3.8, 4) is 5.75 Å². The zero-order valence-electron chi connectivity index (χ0n) is 15.3. The highest BCUT2D eigenvalue weighted by Gasteiger charge is 2.72. The van der Waals surface area contributed by atoms with E-state index in [0.29, 0.717) is 17.7 Å². The molecule has 15 heteroatoms. The van der Waals surface area contributed by atoms with Gasteiger partial charge in [0, 0.05) is 4.47 Å². The average molecular weight is 624 g/mol. The van der Waals surface area contributed by atoms with Crippen LogP contribution in [0, 0.1) is 6.92 Å². The van der Waals surface area contributed by atoms with Crippen LogP contribution in [0.3, 0.4) is 0 Å². The van der Waals surface area contributed by atoms with E-state index in [-0.39, 0.29) is 22.7 Å². The molecule has 0 aromatic heterocycles. The number of benzene rings is 2. The molecule has 0 aliphatic carbocycles. The average Bonchev–Trinajstić information content (AvgIpc) is 2.57. The summed E-state index contributed by atoms with van der Waals surface area (Å²) in [6.45, 7) is 1.43. The van der Waals surface area contributed by atoms with E-state index in [9.17, 15) is 47.9 Å². The Kier molecular flexibility index (Phi) is 7.01. The van der Waals surface area contributed by atoms with Crippen molar-refractivity contribution in [1.82, 2.24) is 0 Å². The first-order chi connectivity index (χ1) is 14.3. The summed E-state index contributed by atoms with van der Waals surface area (Å²) in [4.78, 5) is 0. The summed E-state index contributed by atoms with van der Waals surface area (Å²) < 4.78 is 147. The molecule has 0 radical (unpaired) electrons. The lowest BCUT2D eigenvalue weighted by molar-refractivity contribution is -0.288. The lowest BCUT2D eigenvalue weighted by atomic mass is 9.72. The molecule has 2 rings (SSSR count). The Bertz CT molecular complexity index is 1110. The summed E-state index contributed by atoms with van der Waals surface area (Å²) in [5.41, 5.74) is -12.8. The highest BCUT2D eigenvalue weighted by atomic mass is 79.9. The predicted molar refractivity (Wildman–Crippen MR) is 102 cm³/mol. The van der Waals surface area contributed by atoms with Crippen molar-refractivity contribution in [2.75, 3.05) is 0 Å². The van der Waals surface area contributed by atoms with Crippen LogP contribution < -0.4 is 4.18 Å². The maximum absolute atomic E-state index is 14.1. The second kappa shape index (κ2) is 8.38. The van der Waals surface area contributed by atoms with Crippen molar-refractivity contribution in [2.45, 2.75) is 30.2 Å². The summed E-state index contributed by atoms with van der Waals surface area (Å²) in [5, 5.41) is 0. The fourth-order valence-corrected chi connectivity index (χ4v) is 4.20. The highest BCUT2D eigenvalue weighted by Crippen LogP contribution is 2.57. The van der Waals surface area contributed by atoms with Crippen molar-refractivity contribution in [3.05, 3.63) is 62.0 Å². The zero-order chi connectivity index (χ0) is 24.9. The molecular formula is C17H9Br2F9O3S. The van der Waals surface area contributed by atoms with E-state index in [2.05, 4.69) is 36.0 Å². The molecule has 32 heavy (non-hydrogen) atoms. The van der Waals surface area contributed by atoms with Crippen LogP contribution in [0.15, 0.2) is 45.3 Å². The molecule has 2 aromatic carbocycles. The predicted octanol–water partition coefficient (Wildman–Crippen LogP) is 7.16. The van der Waals surface area contributed by atoms with Crippen LogP contribution >= 0.6 is 31.9 Å². The number of rotatable bonds is 4. The van der Waals surface area contributed by atoms with Gasteiger partial charge in [0.2, 0.25) is 5.41 Å². The monoisotopic (exact) mass is 622 g/mol. The molecule has 0 atom stereocenters. The largest absolute Gasteiger partial charge is 0.534 e. The van der Waals surface area contributed by atoms with Gasteiger partial charge < -0.3 is 4.18 Å². The Hall–Kier alpha value is -1.48. The Balaban J connectivity index is 2.82. The van der Waals surface area contributed by atoms with Gasteiger partial charge in [-0.05, 0) is 57.7 Å². The summed E-state index contributed by atoms with van der Waals surface area (Å²) >= 11 is 5.38. The smallest absolute Gasteiger partial charge is 0.375 e. The number of hydrogen-bond acceptors (Lipinski definition) is 3. The number of halogens is 11. The zero-order valence-corrected chi connectivity index (χ0v) is 19.2. The first-order valence-corrected chi connectivity index (χ1v) is 11.0. The van der Waals surface area contributed by atoms with Crippen LogP contribution in [0.1, 0.15) is 16.7 Å². The molecule has 0 aliphatic heterocycles. The second-order valence-electron chi connectivity index (χ2n) is 6.34. The summed E-state index contributed by atoms with van der Waals surface area (Å²) in [6.07, 6.45) is -11.9. The molecule has 0 spiro atoms. The van der Waals surface area contributed by atoms with E-state index in [1.807, 2.05) is 0 Å². The van der Waals surface area contributed by atoms with Gasteiger partial charge in [-0.25, -0.2) is 0 Å². The van der Waals surface area contributed by atoms with Crippen LogP contribution in [0.4, 0.5) is 39.5 Å². The third-order valence-electron chi connectivity index (χ3n) is 4.30. The summed E-state index contributed by atoms with van der Waals surface area (Å²) in [5.74, 6) is -1.16. The molecule has 2 aromatic rings. The van der Waals surface area contributed by atoms with Gasteiger partial charge >= 0.3 is 28.0 Å². The molecule has 0 saturated carbocycles. The van der Waals surface area contributed by atoms with Gasteiger partial charge in [-0.15, -0.1) is 0 Å². The number of hydrogen-bond donors (Lipinski definition) is 0. The maximum atomic E-state index is 14.1. The molecule has 0 amide bonds. The molecule has 0 aliphatic rings. The molecule has 0 fully saturated rings. The molecule has 0 N–H and O–H groups in total. The first-order valence-electron chi connectivity index (χ1n) is 7.96. The van der Waals surface area contributed by atoms with Crippen molar-refractivity contribution in [3.63, 3.8) is 0 Å². The normalized spacial score (nSPS) is 13.9. The van der Waals surface area contributed by atoms with E-state index in [1.165, 1.54) is 6.92 Å². The lowest BCUT2D eigenvalue weighted by Crippen LogP contribution is -2.54. The molecule has 178 valence electrons. The summed E-state index contributed by atoms with van der Waals surface area (Å²) in [6, 6.07) is 2.93. The van der Waals surface area contributed by atoms with Crippen LogP contribution in [0.25, 0.3) is 0 Å². The fraction of sp³-hybridized carbons (Fsp3) is 0.294. The minimum Gasteiger partial charge on any atom is -0.375 e. The van der Waals surface area contributed by atoms with E-state index in [1.54, 1.807) is 0 Å². The van der Waals surface area contributed by atoms with Crippen molar-refractivity contribution >= 4 is 42.0 Å². The van der Waals surface area contributed by atoms with Gasteiger partial charge in [0.05, 0.1) is 4.47 Å². The minimum atomic E-state index is -6.22. The maximum Gasteiger partial charge on any atom is 0.534 e. The van der Waals surface area contributed by atoms with Crippen LogP contribution in [0.5, 0.6) is 5.75 Å². The first kappa shape index (κ1) is 26.8. The van der Waals surface area contributed by atoms with E-state index < -0.39 is 54.7 Å². The molecule has 0 bridgehead atoms. The lowest BCUT2D eigenvalue weighted by Gasteiger charge is -2.38. The molecule has 0 saturated heterocycles. The standard InChI is InChI=1S/C17H9Br2F9O3S/c1-8-2-3-9(6-11(8)18)14(15(20,21)22,16(23,24)25)10-4-5-13(12(19)7-10)31-32(29,30)17(26,27)28/h2-7H,1H3. The Morgan fingerprint density at radius 1 is 0.750 bits per heavy atom. The van der Waals surface area contributed by atoms with Gasteiger partial charge in [0.15, 0.2) is 5.75 Å². The minimum absolute atomic E-state index is 0.0526. The third kappa shape index (κ3) is 4.60. The van der Waals surface area contributed by atoms with Crippen LogP contribution in [0.2, 0.25) is 0 Å². The fourth-order valence-electron chi connectivity index (χ4n) is 2.78. The number of aryl methyl sites for hydroxylation is 1. The Morgan fingerprint density at radius 2 is 1.19 bits per heavy atom. The number of alkyl halides is 9. The second-order valence-corrected chi connectivity index (χ2v) is 9.58. The van der Waals surface area contributed by atoms with Gasteiger partial charge in [-0.1, -0.05) is 34.1 Å². The van der Waals surface area contributed by atoms with E-state index in [4.69, 9.17) is 0 Å². The summed E-state index contributed by atoms with van der Waals surface area (Å²) in [7, 11) is -6.22. The molecular weight excluding hydrogens is 615 g/mol. The van der Waals surface area contributed by atoms with Gasteiger partial charge in [0.1, 0.15) is 0 Å². The van der Waals surface area contributed by atoms with Crippen LogP contribution in [-0.2, 0) is 15.5 Å². The molecule has 0 unspecified atom stereocenters. The third-order valence-corrected chi connectivity index (χ3v) is 6.74. The van der Waals surface area contributed by atoms with Crippen molar-refractivity contribution in [2.24, 2.45) is 0 Å². The topological polar surface area (TPSA) is 43.4 Å². The van der Waals surface area contributed by atoms with Gasteiger partial charge in [-0.2, -0.15) is 47.9 Å². The van der Waals surface area contributed by atoms with Crippen molar-refractivity contribution < 1.29 is 52.1 Å². The molecule has 0 heterocycles. The van der Waals surface area contributed by atoms with E-state index in [0.717, 1.165) is 6.07 Å². The van der Waals surface area contributed by atoms with E-state index >= 15 is 0 Å².